The summed E-state index contributed by atoms with van der Waals surface area (Å²) in [5.74, 6) is 1.16. The smallest absolute Gasteiger partial charge is 0.137 e. The van der Waals surface area contributed by atoms with Crippen molar-refractivity contribution in [3.8, 4) is 5.75 Å². The van der Waals surface area contributed by atoms with Gasteiger partial charge < -0.3 is 10.5 Å². The molecule has 0 saturated heterocycles. The number of fused-ring (bicyclic) bond motifs is 1. The molecular formula is C18H20ClNO. The third kappa shape index (κ3) is 2.92. The van der Waals surface area contributed by atoms with Gasteiger partial charge in [-0.3, -0.25) is 0 Å². The molecule has 0 radical (unpaired) electrons. The quantitative estimate of drug-likeness (QED) is 0.924. The highest BCUT2D eigenvalue weighted by molar-refractivity contribution is 6.32. The SMILES string of the molecule is COc1ccc(C(N)C2CCc3ccccc3C2)cc1Cl. The van der Waals surface area contributed by atoms with Gasteiger partial charge in [0.25, 0.3) is 0 Å². The Bertz CT molecular complexity index is 641. The molecule has 2 N–H and O–H groups in total. The zero-order valence-electron chi connectivity index (χ0n) is 12.2. The van der Waals surface area contributed by atoms with E-state index in [-0.39, 0.29) is 6.04 Å². The molecule has 3 rings (SSSR count). The topological polar surface area (TPSA) is 35.2 Å². The van der Waals surface area contributed by atoms with Crippen LogP contribution in [0.1, 0.15) is 29.2 Å². The van der Waals surface area contributed by atoms with Gasteiger partial charge >= 0.3 is 0 Å². The predicted molar refractivity (Wildman–Crippen MR) is 86.9 cm³/mol. The average molecular weight is 302 g/mol. The molecule has 0 aliphatic heterocycles. The first-order chi connectivity index (χ1) is 10.2. The van der Waals surface area contributed by atoms with Crippen LogP contribution in [0.4, 0.5) is 0 Å². The van der Waals surface area contributed by atoms with Gasteiger partial charge in [0.2, 0.25) is 0 Å². The summed E-state index contributed by atoms with van der Waals surface area (Å²) in [4.78, 5) is 0. The van der Waals surface area contributed by atoms with Crippen LogP contribution in [0.25, 0.3) is 0 Å². The summed E-state index contributed by atoms with van der Waals surface area (Å²) in [6, 6.07) is 14.5. The van der Waals surface area contributed by atoms with Crippen molar-refractivity contribution in [1.82, 2.24) is 0 Å². The largest absolute Gasteiger partial charge is 0.495 e. The Morgan fingerprint density at radius 2 is 1.95 bits per heavy atom. The van der Waals surface area contributed by atoms with Crippen LogP contribution >= 0.6 is 11.6 Å². The first kappa shape index (κ1) is 14.4. The molecule has 2 aromatic carbocycles. The molecule has 1 aliphatic carbocycles. The number of rotatable bonds is 3. The number of ether oxygens (including phenoxy) is 1. The maximum Gasteiger partial charge on any atom is 0.137 e. The van der Waals surface area contributed by atoms with Crippen LogP contribution in [0.3, 0.4) is 0 Å². The molecule has 0 aromatic heterocycles. The van der Waals surface area contributed by atoms with Crippen molar-refractivity contribution >= 4 is 11.6 Å². The summed E-state index contributed by atoms with van der Waals surface area (Å²) >= 11 is 6.21. The molecule has 2 unspecified atom stereocenters. The molecule has 2 nitrogen and oxygen atoms in total. The van der Waals surface area contributed by atoms with Crippen LogP contribution in [0, 0.1) is 5.92 Å². The van der Waals surface area contributed by atoms with Gasteiger partial charge in [-0.25, -0.2) is 0 Å². The molecule has 0 saturated carbocycles. The Balaban J connectivity index is 1.80. The maximum atomic E-state index is 6.49. The first-order valence-corrected chi connectivity index (χ1v) is 7.72. The standard InChI is InChI=1S/C18H20ClNO/c1-21-17-9-8-15(11-16(17)19)18(20)14-7-6-12-4-2-3-5-13(12)10-14/h2-5,8-9,11,14,18H,6-7,10,20H2,1H3. The Morgan fingerprint density at radius 3 is 2.67 bits per heavy atom. The average Bonchev–Trinajstić information content (AvgIpc) is 2.53. The highest BCUT2D eigenvalue weighted by atomic mass is 35.5. The molecule has 21 heavy (non-hydrogen) atoms. The maximum absolute atomic E-state index is 6.49. The molecular weight excluding hydrogens is 282 g/mol. The summed E-state index contributed by atoms with van der Waals surface area (Å²) < 4.78 is 5.20. The molecule has 0 amide bonds. The molecule has 0 heterocycles. The van der Waals surface area contributed by atoms with Crippen molar-refractivity contribution in [2.24, 2.45) is 11.7 Å². The number of aryl methyl sites for hydroxylation is 1. The fraction of sp³-hybridized carbons (Fsp3) is 0.333. The highest BCUT2D eigenvalue weighted by Crippen LogP contribution is 2.35. The van der Waals surface area contributed by atoms with Crippen LogP contribution in [-0.4, -0.2) is 7.11 Å². The first-order valence-electron chi connectivity index (χ1n) is 7.35. The number of nitrogens with two attached hydrogens (primary N) is 1. The lowest BCUT2D eigenvalue weighted by molar-refractivity contribution is 0.381. The van der Waals surface area contributed by atoms with Gasteiger partial charge in [-0.05, 0) is 54.0 Å². The Morgan fingerprint density at radius 1 is 1.19 bits per heavy atom. The Labute approximate surface area is 130 Å². The van der Waals surface area contributed by atoms with Crippen LogP contribution < -0.4 is 10.5 Å². The summed E-state index contributed by atoms with van der Waals surface area (Å²) in [5, 5.41) is 0.627. The van der Waals surface area contributed by atoms with Crippen molar-refractivity contribution in [3.63, 3.8) is 0 Å². The lowest BCUT2D eigenvalue weighted by Crippen LogP contribution is -2.27. The molecule has 1 aliphatic rings. The third-order valence-electron chi connectivity index (χ3n) is 4.45. The predicted octanol–water partition coefficient (Wildman–Crippen LogP) is 4.15. The second kappa shape index (κ2) is 6.08. The van der Waals surface area contributed by atoms with Crippen LogP contribution in [0.2, 0.25) is 5.02 Å². The molecule has 2 aromatic rings. The molecule has 110 valence electrons. The monoisotopic (exact) mass is 301 g/mol. The van der Waals surface area contributed by atoms with Crippen molar-refractivity contribution in [2.75, 3.05) is 7.11 Å². The van der Waals surface area contributed by atoms with Gasteiger partial charge in [0.15, 0.2) is 0 Å². The molecule has 0 fully saturated rings. The lowest BCUT2D eigenvalue weighted by atomic mass is 9.78. The summed E-state index contributed by atoms with van der Waals surface area (Å²) in [6.07, 6.45) is 3.28. The van der Waals surface area contributed by atoms with E-state index in [0.717, 1.165) is 24.8 Å². The van der Waals surface area contributed by atoms with E-state index in [1.54, 1.807) is 7.11 Å². The van der Waals surface area contributed by atoms with E-state index in [1.165, 1.54) is 11.1 Å². The second-order valence-electron chi connectivity index (χ2n) is 5.69. The molecule has 0 bridgehead atoms. The van der Waals surface area contributed by atoms with Crippen molar-refractivity contribution in [3.05, 3.63) is 64.2 Å². The van der Waals surface area contributed by atoms with Gasteiger partial charge in [-0.2, -0.15) is 0 Å². The van der Waals surface area contributed by atoms with Gasteiger partial charge in [-0.1, -0.05) is 41.9 Å². The number of benzene rings is 2. The third-order valence-corrected chi connectivity index (χ3v) is 4.75. The van der Waals surface area contributed by atoms with E-state index < -0.39 is 0 Å². The van der Waals surface area contributed by atoms with E-state index in [4.69, 9.17) is 22.1 Å². The minimum absolute atomic E-state index is 0.0155. The lowest BCUT2D eigenvalue weighted by Gasteiger charge is -2.29. The molecule has 0 spiro atoms. The normalized spacial score (nSPS) is 18.9. The van der Waals surface area contributed by atoms with Crippen LogP contribution in [0.5, 0.6) is 5.75 Å². The minimum atomic E-state index is 0.0155. The van der Waals surface area contributed by atoms with Crippen LogP contribution in [-0.2, 0) is 12.8 Å². The van der Waals surface area contributed by atoms with E-state index >= 15 is 0 Å². The molecule has 3 heteroatoms. The van der Waals surface area contributed by atoms with Crippen LogP contribution in [0.15, 0.2) is 42.5 Å². The van der Waals surface area contributed by atoms with Gasteiger partial charge in [0.05, 0.1) is 12.1 Å². The van der Waals surface area contributed by atoms with E-state index in [2.05, 4.69) is 24.3 Å². The van der Waals surface area contributed by atoms with Crippen molar-refractivity contribution < 1.29 is 4.74 Å². The fourth-order valence-corrected chi connectivity index (χ4v) is 3.46. The fourth-order valence-electron chi connectivity index (χ4n) is 3.19. The second-order valence-corrected chi connectivity index (χ2v) is 6.10. The number of methoxy groups -OCH3 is 1. The van der Waals surface area contributed by atoms with Gasteiger partial charge in [0.1, 0.15) is 5.75 Å². The number of halogens is 1. The summed E-state index contributed by atoms with van der Waals surface area (Å²) in [7, 11) is 1.62. The number of hydrogen-bond acceptors (Lipinski definition) is 2. The van der Waals surface area contributed by atoms with Crippen molar-refractivity contribution in [1.29, 1.82) is 0 Å². The van der Waals surface area contributed by atoms with Gasteiger partial charge in [-0.15, -0.1) is 0 Å². The number of hydrogen-bond donors (Lipinski definition) is 1. The Kier molecular flexibility index (Phi) is 4.18. The summed E-state index contributed by atoms with van der Waals surface area (Å²) in [6.45, 7) is 0. The molecule has 2 atom stereocenters. The minimum Gasteiger partial charge on any atom is -0.495 e. The van der Waals surface area contributed by atoms with Gasteiger partial charge in [0, 0.05) is 6.04 Å². The zero-order valence-corrected chi connectivity index (χ0v) is 12.9. The van der Waals surface area contributed by atoms with Crippen molar-refractivity contribution in [2.45, 2.75) is 25.3 Å². The highest BCUT2D eigenvalue weighted by Gasteiger charge is 2.25. The Hall–Kier alpha value is -1.51. The summed E-state index contributed by atoms with van der Waals surface area (Å²) in [5.41, 5.74) is 10.5. The van der Waals surface area contributed by atoms with E-state index in [9.17, 15) is 0 Å². The zero-order chi connectivity index (χ0) is 14.8. The van der Waals surface area contributed by atoms with E-state index in [1.807, 2.05) is 18.2 Å². The van der Waals surface area contributed by atoms with E-state index in [0.29, 0.717) is 16.7 Å².